The minimum Gasteiger partial charge on any atom is -0.268 e. The van der Waals surface area contributed by atoms with Crippen molar-refractivity contribution in [3.05, 3.63) is 71.0 Å². The summed E-state index contributed by atoms with van der Waals surface area (Å²) in [5.41, 5.74) is 0.636. The van der Waals surface area contributed by atoms with E-state index in [0.29, 0.717) is 11.2 Å². The Labute approximate surface area is 102 Å². The third-order valence-corrected chi connectivity index (χ3v) is 2.77. The van der Waals surface area contributed by atoms with E-state index in [-0.39, 0.29) is 5.39 Å². The predicted molar refractivity (Wildman–Crippen MR) is 67.3 cm³/mol. The standard InChI is InChI=1S/C14H9FN2O/c15-11-7-4-8-12-13(11)14(18)17(9-16-12)10-5-2-1-3-6-10/h1-9H. The molecule has 0 bridgehead atoms. The topological polar surface area (TPSA) is 34.9 Å². The van der Waals surface area contributed by atoms with Crippen molar-refractivity contribution in [1.82, 2.24) is 9.55 Å². The Morgan fingerprint density at radius 3 is 2.56 bits per heavy atom. The van der Waals surface area contributed by atoms with Crippen LogP contribution in [0.1, 0.15) is 0 Å². The summed E-state index contributed by atoms with van der Waals surface area (Å²) in [5, 5.41) is 0.0175. The van der Waals surface area contributed by atoms with Gasteiger partial charge in [0.25, 0.3) is 5.56 Å². The first-order valence-electron chi connectivity index (χ1n) is 5.49. The first-order chi connectivity index (χ1) is 8.77. The van der Waals surface area contributed by atoms with E-state index in [1.807, 2.05) is 18.2 Å². The van der Waals surface area contributed by atoms with E-state index < -0.39 is 11.4 Å². The van der Waals surface area contributed by atoms with Crippen LogP contribution in [0.2, 0.25) is 0 Å². The fourth-order valence-corrected chi connectivity index (χ4v) is 1.90. The SMILES string of the molecule is O=c1c2c(F)cccc2ncn1-c1ccccc1. The number of fused-ring (bicyclic) bond motifs is 1. The van der Waals surface area contributed by atoms with E-state index in [1.165, 1.54) is 23.0 Å². The van der Waals surface area contributed by atoms with Gasteiger partial charge in [0.1, 0.15) is 17.5 Å². The molecule has 0 fully saturated rings. The van der Waals surface area contributed by atoms with Crippen LogP contribution in [0.5, 0.6) is 0 Å². The molecule has 0 aliphatic rings. The Morgan fingerprint density at radius 1 is 1.00 bits per heavy atom. The van der Waals surface area contributed by atoms with Crippen LogP contribution in [-0.4, -0.2) is 9.55 Å². The summed E-state index contributed by atoms with van der Waals surface area (Å²) in [4.78, 5) is 16.3. The number of hydrogen-bond acceptors (Lipinski definition) is 2. The van der Waals surface area contributed by atoms with Gasteiger partial charge in [0.15, 0.2) is 0 Å². The molecule has 3 rings (SSSR count). The maximum absolute atomic E-state index is 13.7. The number of hydrogen-bond donors (Lipinski definition) is 0. The zero-order valence-corrected chi connectivity index (χ0v) is 9.38. The lowest BCUT2D eigenvalue weighted by atomic mass is 10.2. The summed E-state index contributed by atoms with van der Waals surface area (Å²) < 4.78 is 15.0. The zero-order valence-electron chi connectivity index (χ0n) is 9.38. The molecule has 3 aromatic rings. The highest BCUT2D eigenvalue weighted by molar-refractivity contribution is 5.78. The third-order valence-electron chi connectivity index (χ3n) is 2.77. The fraction of sp³-hybridized carbons (Fsp3) is 0. The van der Waals surface area contributed by atoms with Crippen molar-refractivity contribution >= 4 is 10.9 Å². The molecular formula is C14H9FN2O. The molecule has 0 unspecified atom stereocenters. The van der Waals surface area contributed by atoms with Gasteiger partial charge in [-0.05, 0) is 24.3 Å². The van der Waals surface area contributed by atoms with Gasteiger partial charge in [0, 0.05) is 0 Å². The molecule has 0 spiro atoms. The number of para-hydroxylation sites is 1. The number of aromatic nitrogens is 2. The molecule has 0 radical (unpaired) electrons. The normalized spacial score (nSPS) is 10.7. The fourth-order valence-electron chi connectivity index (χ4n) is 1.90. The van der Waals surface area contributed by atoms with Gasteiger partial charge in [-0.25, -0.2) is 9.37 Å². The molecule has 1 heterocycles. The highest BCUT2D eigenvalue weighted by Gasteiger charge is 2.09. The molecule has 0 saturated heterocycles. The number of benzene rings is 2. The minimum absolute atomic E-state index is 0.0175. The number of nitrogens with zero attached hydrogens (tertiary/aromatic N) is 2. The lowest BCUT2D eigenvalue weighted by Gasteiger charge is -2.06. The van der Waals surface area contributed by atoms with Crippen LogP contribution < -0.4 is 5.56 Å². The Kier molecular flexibility index (Phi) is 2.41. The summed E-state index contributed by atoms with van der Waals surface area (Å²) in [6, 6.07) is 13.4. The monoisotopic (exact) mass is 240 g/mol. The molecule has 0 N–H and O–H groups in total. The van der Waals surface area contributed by atoms with E-state index in [2.05, 4.69) is 4.98 Å². The highest BCUT2D eigenvalue weighted by Crippen LogP contribution is 2.12. The van der Waals surface area contributed by atoms with Gasteiger partial charge in [-0.1, -0.05) is 24.3 Å². The van der Waals surface area contributed by atoms with Gasteiger partial charge in [0.2, 0.25) is 0 Å². The second-order valence-corrected chi connectivity index (χ2v) is 3.89. The van der Waals surface area contributed by atoms with Crippen molar-refractivity contribution in [3.8, 4) is 5.69 Å². The van der Waals surface area contributed by atoms with Crippen LogP contribution in [0.15, 0.2) is 59.7 Å². The number of halogens is 1. The Hall–Kier alpha value is -2.49. The highest BCUT2D eigenvalue weighted by atomic mass is 19.1. The molecule has 4 heteroatoms. The van der Waals surface area contributed by atoms with Gasteiger partial charge in [0.05, 0.1) is 11.2 Å². The predicted octanol–water partition coefficient (Wildman–Crippen LogP) is 2.52. The van der Waals surface area contributed by atoms with E-state index >= 15 is 0 Å². The lowest BCUT2D eigenvalue weighted by Crippen LogP contribution is -2.19. The van der Waals surface area contributed by atoms with Crippen LogP contribution >= 0.6 is 0 Å². The molecule has 0 saturated carbocycles. The quantitative estimate of drug-likeness (QED) is 0.655. The van der Waals surface area contributed by atoms with Crippen LogP contribution in [0.4, 0.5) is 4.39 Å². The van der Waals surface area contributed by atoms with Gasteiger partial charge in [-0.3, -0.25) is 9.36 Å². The molecule has 2 aromatic carbocycles. The second kappa shape index (κ2) is 4.07. The average Bonchev–Trinajstić information content (AvgIpc) is 2.40. The molecule has 1 aromatic heterocycles. The van der Waals surface area contributed by atoms with Gasteiger partial charge >= 0.3 is 0 Å². The van der Waals surface area contributed by atoms with Crippen LogP contribution in [0.25, 0.3) is 16.6 Å². The van der Waals surface area contributed by atoms with Crippen molar-refractivity contribution in [3.63, 3.8) is 0 Å². The molecule has 0 atom stereocenters. The smallest absolute Gasteiger partial charge is 0.268 e. The van der Waals surface area contributed by atoms with Crippen molar-refractivity contribution in [2.24, 2.45) is 0 Å². The minimum atomic E-state index is -0.546. The number of rotatable bonds is 1. The van der Waals surface area contributed by atoms with E-state index in [4.69, 9.17) is 0 Å². The first-order valence-corrected chi connectivity index (χ1v) is 5.49. The van der Waals surface area contributed by atoms with E-state index in [0.717, 1.165) is 0 Å². The van der Waals surface area contributed by atoms with Gasteiger partial charge in [-0.2, -0.15) is 0 Å². The summed E-state index contributed by atoms with van der Waals surface area (Å²) in [5.74, 6) is -0.546. The van der Waals surface area contributed by atoms with E-state index in [1.54, 1.807) is 18.2 Å². The second-order valence-electron chi connectivity index (χ2n) is 3.89. The van der Waals surface area contributed by atoms with E-state index in [9.17, 15) is 9.18 Å². The summed E-state index contributed by atoms with van der Waals surface area (Å²) in [7, 11) is 0. The largest absolute Gasteiger partial charge is 0.268 e. The van der Waals surface area contributed by atoms with Crippen molar-refractivity contribution in [2.75, 3.05) is 0 Å². The Balaban J connectivity index is 2.37. The zero-order chi connectivity index (χ0) is 12.5. The van der Waals surface area contributed by atoms with Gasteiger partial charge in [-0.15, -0.1) is 0 Å². The molecule has 18 heavy (non-hydrogen) atoms. The maximum atomic E-state index is 13.7. The molecule has 0 amide bonds. The Morgan fingerprint density at radius 2 is 1.78 bits per heavy atom. The lowest BCUT2D eigenvalue weighted by molar-refractivity contribution is 0.637. The van der Waals surface area contributed by atoms with Crippen LogP contribution in [0, 0.1) is 5.82 Å². The molecule has 88 valence electrons. The Bertz CT molecular complexity index is 766. The third kappa shape index (κ3) is 1.59. The molecule has 3 nitrogen and oxygen atoms in total. The average molecular weight is 240 g/mol. The molecular weight excluding hydrogens is 231 g/mol. The van der Waals surface area contributed by atoms with Crippen molar-refractivity contribution in [2.45, 2.75) is 0 Å². The first kappa shape index (κ1) is 10.7. The maximum Gasteiger partial charge on any atom is 0.268 e. The van der Waals surface area contributed by atoms with Crippen molar-refractivity contribution in [1.29, 1.82) is 0 Å². The van der Waals surface area contributed by atoms with Crippen LogP contribution in [0.3, 0.4) is 0 Å². The summed E-state index contributed by atoms with van der Waals surface area (Å²) in [6.07, 6.45) is 1.42. The van der Waals surface area contributed by atoms with Gasteiger partial charge < -0.3 is 0 Å². The van der Waals surface area contributed by atoms with Crippen molar-refractivity contribution < 1.29 is 4.39 Å². The molecule has 0 aliphatic carbocycles. The molecule has 0 aliphatic heterocycles. The van der Waals surface area contributed by atoms with Crippen LogP contribution in [-0.2, 0) is 0 Å². The summed E-state index contributed by atoms with van der Waals surface area (Å²) in [6.45, 7) is 0. The summed E-state index contributed by atoms with van der Waals surface area (Å²) >= 11 is 0.